The van der Waals surface area contributed by atoms with Gasteiger partial charge in [-0.3, -0.25) is 9.89 Å². The number of likely N-dealkylation sites (N-methyl/N-ethyl adjacent to an activating group) is 1. The van der Waals surface area contributed by atoms with Crippen LogP contribution in [-0.4, -0.2) is 91.4 Å². The molecule has 0 amide bonds. The number of aryl methyl sites for hydroxylation is 1. The summed E-state index contributed by atoms with van der Waals surface area (Å²) in [5.74, 6) is -7.26. The Hall–Kier alpha value is -4.00. The minimum Gasteiger partial charge on any atom is -0.474 e. The molecule has 2 fully saturated rings. The Balaban J connectivity index is 0.000000253. The molecule has 3 aliphatic heterocycles. The van der Waals surface area contributed by atoms with E-state index in [1.807, 2.05) is 13.1 Å². The van der Waals surface area contributed by atoms with Crippen LogP contribution < -0.4 is 0 Å². The summed E-state index contributed by atoms with van der Waals surface area (Å²) in [7, 11) is 4.26. The fraction of sp³-hybridized carbons (Fsp3) is 0.435. The second kappa shape index (κ2) is 10.3. The quantitative estimate of drug-likeness (QED) is 0.412. The van der Waals surface area contributed by atoms with Crippen molar-refractivity contribution in [3.05, 3.63) is 35.8 Å². The molecule has 0 radical (unpaired) electrons. The van der Waals surface area contributed by atoms with Gasteiger partial charge in [0.05, 0.1) is 6.54 Å². The van der Waals surface area contributed by atoms with E-state index in [1.54, 1.807) is 12.5 Å². The third-order valence-electron chi connectivity index (χ3n) is 6.83. The van der Waals surface area contributed by atoms with Crippen molar-refractivity contribution in [3.8, 4) is 0 Å². The summed E-state index contributed by atoms with van der Waals surface area (Å²) in [6.07, 6.45) is 7.18. The van der Waals surface area contributed by atoms with Crippen molar-refractivity contribution < 1.29 is 48.7 Å². The Labute approximate surface area is 204 Å². The number of hydrogen-bond acceptors (Lipinski definition) is 7. The van der Waals surface area contributed by atoms with Gasteiger partial charge in [-0.2, -0.15) is 0 Å². The van der Waals surface area contributed by atoms with Crippen molar-refractivity contribution >= 4 is 41.2 Å². The third kappa shape index (κ3) is 5.15. The molecule has 4 atom stereocenters. The number of hydrogen-bond donors (Lipinski definition) is 4. The van der Waals surface area contributed by atoms with E-state index in [2.05, 4.69) is 27.7 Å². The highest BCUT2D eigenvalue weighted by molar-refractivity contribution is 6.27. The fourth-order valence-electron chi connectivity index (χ4n) is 5.35. The molecule has 12 nitrogen and oxygen atoms in total. The second-order valence-electron chi connectivity index (χ2n) is 8.85. The van der Waals surface area contributed by atoms with Crippen molar-refractivity contribution in [2.24, 2.45) is 12.0 Å². The van der Waals surface area contributed by atoms with Gasteiger partial charge in [0, 0.05) is 48.6 Å². The Morgan fingerprint density at radius 1 is 1.03 bits per heavy atom. The van der Waals surface area contributed by atoms with Crippen molar-refractivity contribution in [1.29, 1.82) is 0 Å². The number of carboxylic acids is 4. The van der Waals surface area contributed by atoms with E-state index in [0.29, 0.717) is 18.6 Å². The molecule has 5 rings (SSSR count). The SMILES string of the molecule is CN1C2CCC1C(c1cn(C)c3ccc(F)cc13)C1(CN=CO1)C2.O=C(O)C(=O)O.O=C(O)C(=O)O. The molecule has 1 spiro atoms. The Morgan fingerprint density at radius 2 is 1.64 bits per heavy atom. The summed E-state index contributed by atoms with van der Waals surface area (Å²) in [6, 6.07) is 6.08. The van der Waals surface area contributed by atoms with Crippen LogP contribution in [-0.2, 0) is 31.0 Å². The van der Waals surface area contributed by atoms with Gasteiger partial charge in [-0.15, -0.1) is 0 Å². The lowest BCUT2D eigenvalue weighted by Crippen LogP contribution is -2.56. The Kier molecular flexibility index (Phi) is 7.62. The minimum atomic E-state index is -1.82. The van der Waals surface area contributed by atoms with E-state index in [0.717, 1.165) is 17.3 Å². The average molecular weight is 507 g/mol. The predicted molar refractivity (Wildman–Crippen MR) is 123 cm³/mol. The lowest BCUT2D eigenvalue weighted by molar-refractivity contribution is -0.159. The molecule has 2 aromatic rings. The number of aliphatic carboxylic acids is 4. The van der Waals surface area contributed by atoms with Gasteiger partial charge in [0.15, 0.2) is 6.40 Å². The van der Waals surface area contributed by atoms with Crippen LogP contribution in [0.25, 0.3) is 10.9 Å². The van der Waals surface area contributed by atoms with Gasteiger partial charge in [0.1, 0.15) is 11.4 Å². The number of aromatic nitrogens is 1. The third-order valence-corrected chi connectivity index (χ3v) is 6.83. The maximum Gasteiger partial charge on any atom is 0.414 e. The predicted octanol–water partition coefficient (Wildman–Crippen LogP) is 1.38. The molecule has 1 aromatic carbocycles. The molecule has 2 saturated heterocycles. The largest absolute Gasteiger partial charge is 0.474 e. The van der Waals surface area contributed by atoms with E-state index in [-0.39, 0.29) is 17.3 Å². The zero-order valence-electron chi connectivity index (χ0n) is 19.5. The van der Waals surface area contributed by atoms with Crippen LogP contribution in [0.3, 0.4) is 0 Å². The summed E-state index contributed by atoms with van der Waals surface area (Å²) >= 11 is 0. The van der Waals surface area contributed by atoms with Crippen LogP contribution in [0, 0.1) is 5.82 Å². The van der Waals surface area contributed by atoms with E-state index in [9.17, 15) is 4.39 Å². The van der Waals surface area contributed by atoms with Crippen LogP contribution in [0.2, 0.25) is 0 Å². The molecular formula is C23H26FN3O9. The van der Waals surface area contributed by atoms with Crippen LogP contribution >= 0.6 is 0 Å². The van der Waals surface area contributed by atoms with E-state index >= 15 is 0 Å². The fourth-order valence-corrected chi connectivity index (χ4v) is 5.35. The van der Waals surface area contributed by atoms with Crippen LogP contribution in [0.1, 0.15) is 30.7 Å². The smallest absolute Gasteiger partial charge is 0.414 e. The summed E-state index contributed by atoms with van der Waals surface area (Å²) in [4.78, 5) is 43.3. The van der Waals surface area contributed by atoms with Gasteiger partial charge in [0.25, 0.3) is 0 Å². The topological polar surface area (TPSA) is 179 Å². The first kappa shape index (κ1) is 26.6. The number of carboxylic acid groups (broad SMARTS) is 4. The van der Waals surface area contributed by atoms with Gasteiger partial charge in [-0.05, 0) is 43.7 Å². The second-order valence-corrected chi connectivity index (χ2v) is 8.85. The lowest BCUT2D eigenvalue weighted by atomic mass is 9.72. The summed E-state index contributed by atoms with van der Waals surface area (Å²) in [5.41, 5.74) is 2.01. The zero-order valence-corrected chi connectivity index (χ0v) is 19.5. The van der Waals surface area contributed by atoms with Crippen LogP contribution in [0.4, 0.5) is 4.39 Å². The molecule has 36 heavy (non-hydrogen) atoms. The van der Waals surface area contributed by atoms with E-state index in [1.165, 1.54) is 24.5 Å². The molecule has 3 aliphatic rings. The minimum absolute atomic E-state index is 0.180. The molecule has 4 N–H and O–H groups in total. The lowest BCUT2D eigenvalue weighted by Gasteiger charge is -2.48. The van der Waals surface area contributed by atoms with Gasteiger partial charge in [0.2, 0.25) is 0 Å². The highest BCUT2D eigenvalue weighted by atomic mass is 19.1. The monoisotopic (exact) mass is 507 g/mol. The standard InChI is InChI=1S/C19H22FN3O.2C2H2O4/c1-22-9-15(14-7-12(20)3-5-16(14)22)18-17-6-4-13(23(17)2)8-19(18)10-21-11-24-19;2*3-1(4)2(5)6/h3,5,7,9,11,13,17-18H,4,6,8,10H2,1-2H3;2*(H,3,4)(H,5,6). The molecule has 13 heteroatoms. The summed E-state index contributed by atoms with van der Waals surface area (Å²) in [6.45, 7) is 0.713. The molecule has 2 bridgehead atoms. The molecule has 0 saturated carbocycles. The first-order valence-electron chi connectivity index (χ1n) is 10.9. The Bertz CT molecular complexity index is 1170. The van der Waals surface area contributed by atoms with Gasteiger partial charge < -0.3 is 29.7 Å². The maximum absolute atomic E-state index is 14.0. The number of nitrogens with zero attached hydrogens (tertiary/aromatic N) is 3. The number of piperidine rings is 1. The Morgan fingerprint density at radius 3 is 2.17 bits per heavy atom. The molecule has 4 unspecified atom stereocenters. The highest BCUT2D eigenvalue weighted by Gasteiger charge is 2.57. The van der Waals surface area contributed by atoms with E-state index < -0.39 is 23.9 Å². The maximum atomic E-state index is 14.0. The molecule has 0 aliphatic carbocycles. The average Bonchev–Trinajstić information content (AvgIpc) is 3.46. The van der Waals surface area contributed by atoms with Crippen molar-refractivity contribution in [3.63, 3.8) is 0 Å². The number of ether oxygens (including phenoxy) is 1. The summed E-state index contributed by atoms with van der Waals surface area (Å²) in [5, 5.41) is 30.6. The first-order chi connectivity index (χ1) is 16.9. The first-order valence-corrected chi connectivity index (χ1v) is 10.9. The molecule has 1 aromatic heterocycles. The number of fused-ring (bicyclic) bond motifs is 3. The summed E-state index contributed by atoms with van der Waals surface area (Å²) < 4.78 is 22.2. The van der Waals surface area contributed by atoms with E-state index in [4.69, 9.17) is 44.3 Å². The number of carbonyl (C=O) groups is 4. The van der Waals surface area contributed by atoms with Crippen LogP contribution in [0.5, 0.6) is 0 Å². The zero-order chi connectivity index (χ0) is 26.8. The number of halogens is 1. The number of rotatable bonds is 1. The number of aliphatic imine (C=N–C) groups is 1. The van der Waals surface area contributed by atoms with Gasteiger partial charge >= 0.3 is 23.9 Å². The number of benzene rings is 1. The van der Waals surface area contributed by atoms with Crippen molar-refractivity contribution in [1.82, 2.24) is 9.47 Å². The van der Waals surface area contributed by atoms with Crippen molar-refractivity contribution in [2.75, 3.05) is 13.6 Å². The molecule has 4 heterocycles. The van der Waals surface area contributed by atoms with Gasteiger partial charge in [-0.1, -0.05) is 0 Å². The molecule has 194 valence electrons. The molecular weight excluding hydrogens is 481 g/mol. The van der Waals surface area contributed by atoms with Gasteiger partial charge in [-0.25, -0.2) is 23.6 Å². The van der Waals surface area contributed by atoms with Crippen LogP contribution in [0.15, 0.2) is 29.4 Å². The normalized spacial score (nSPS) is 25.9. The highest BCUT2D eigenvalue weighted by Crippen LogP contribution is 2.52. The van der Waals surface area contributed by atoms with Crippen molar-refractivity contribution in [2.45, 2.75) is 42.9 Å².